The van der Waals surface area contributed by atoms with Gasteiger partial charge in [0.25, 0.3) is 0 Å². The Balaban J connectivity index is 1.43. The summed E-state index contributed by atoms with van der Waals surface area (Å²) in [4.78, 5) is 12.6. The lowest BCUT2D eigenvalue weighted by Gasteiger charge is -2.65. The number of aliphatic hydroxyl groups is 2. The van der Waals surface area contributed by atoms with Gasteiger partial charge >= 0.3 is 5.97 Å². The van der Waals surface area contributed by atoms with Crippen LogP contribution in [0.5, 0.6) is 11.5 Å². The lowest BCUT2D eigenvalue weighted by atomic mass is 9.46. The van der Waals surface area contributed by atoms with Crippen LogP contribution in [-0.4, -0.2) is 58.8 Å². The normalized spacial score (nSPS) is 32.9. The molecule has 0 spiro atoms. The van der Waals surface area contributed by atoms with E-state index >= 15 is 0 Å². The zero-order chi connectivity index (χ0) is 27.7. The van der Waals surface area contributed by atoms with Crippen LogP contribution in [0, 0.1) is 11.8 Å². The van der Waals surface area contributed by atoms with Gasteiger partial charge in [0.05, 0.1) is 17.8 Å². The second-order valence-electron chi connectivity index (χ2n) is 11.4. The lowest BCUT2D eigenvalue weighted by molar-refractivity contribution is -0.286. The molecule has 0 amide bonds. The molecule has 5 unspecified atom stereocenters. The molecular formula is C30H42O8. The van der Waals surface area contributed by atoms with Gasteiger partial charge in [-0.15, -0.1) is 0 Å². The van der Waals surface area contributed by atoms with Gasteiger partial charge in [0.15, 0.2) is 24.1 Å². The molecule has 4 saturated carbocycles. The van der Waals surface area contributed by atoms with Gasteiger partial charge in [0, 0.05) is 37.4 Å². The predicted octanol–water partition coefficient (Wildman–Crippen LogP) is 4.77. The summed E-state index contributed by atoms with van der Waals surface area (Å²) in [6.07, 6.45) is 3.46. The fourth-order valence-corrected chi connectivity index (χ4v) is 7.01. The number of hydrogen-bond donors (Lipinski definition) is 2. The van der Waals surface area contributed by atoms with Gasteiger partial charge in [-0.3, -0.25) is 0 Å². The van der Waals surface area contributed by atoms with Crippen LogP contribution >= 0.6 is 0 Å². The van der Waals surface area contributed by atoms with Crippen molar-refractivity contribution in [3.05, 3.63) is 42.5 Å². The average molecular weight is 531 g/mol. The molecule has 8 heteroatoms. The molecule has 4 aliphatic carbocycles. The largest absolute Gasteiger partial charge is 0.461 e. The van der Waals surface area contributed by atoms with Crippen molar-refractivity contribution in [2.45, 2.75) is 95.6 Å². The number of carbonyl (C=O) groups is 1. The van der Waals surface area contributed by atoms with Crippen LogP contribution in [0.1, 0.15) is 71.8 Å². The van der Waals surface area contributed by atoms with Gasteiger partial charge < -0.3 is 33.9 Å². The zero-order valence-corrected chi connectivity index (χ0v) is 23.0. The first-order valence-corrected chi connectivity index (χ1v) is 13.6. The maximum atomic E-state index is 12.6. The summed E-state index contributed by atoms with van der Waals surface area (Å²) in [7, 11) is 0. The van der Waals surface area contributed by atoms with E-state index in [0.717, 1.165) is 5.56 Å². The summed E-state index contributed by atoms with van der Waals surface area (Å²) in [5.74, 6) is 0.558. The van der Waals surface area contributed by atoms with Crippen LogP contribution in [0.15, 0.2) is 36.9 Å². The van der Waals surface area contributed by atoms with Crippen molar-refractivity contribution in [1.29, 1.82) is 0 Å². The molecule has 4 fully saturated rings. The molecule has 8 nitrogen and oxygen atoms in total. The van der Waals surface area contributed by atoms with Crippen molar-refractivity contribution in [3.8, 4) is 11.5 Å². The Hall–Kier alpha value is -2.39. The fourth-order valence-electron chi connectivity index (χ4n) is 7.01. The highest BCUT2D eigenvalue weighted by Gasteiger charge is 2.68. The van der Waals surface area contributed by atoms with E-state index in [1.54, 1.807) is 13.0 Å². The van der Waals surface area contributed by atoms with E-state index in [2.05, 4.69) is 13.2 Å². The van der Waals surface area contributed by atoms with Gasteiger partial charge in [-0.2, -0.15) is 0 Å². The number of hydrogen-bond acceptors (Lipinski definition) is 8. The van der Waals surface area contributed by atoms with Crippen molar-refractivity contribution < 1.29 is 38.7 Å². The first kappa shape index (κ1) is 28.6. The van der Waals surface area contributed by atoms with Gasteiger partial charge in [-0.1, -0.05) is 25.3 Å². The third kappa shape index (κ3) is 6.09. The van der Waals surface area contributed by atoms with E-state index < -0.39 is 35.4 Å². The Morgan fingerprint density at radius 2 is 1.71 bits per heavy atom. The highest BCUT2D eigenvalue weighted by Crippen LogP contribution is 2.63. The van der Waals surface area contributed by atoms with E-state index in [9.17, 15) is 15.0 Å². The molecule has 1 aromatic carbocycles. The van der Waals surface area contributed by atoms with Gasteiger partial charge in [0.1, 0.15) is 5.60 Å². The third-order valence-electron chi connectivity index (χ3n) is 8.06. The molecule has 0 radical (unpaired) electrons. The lowest BCUT2D eigenvalue weighted by Crippen LogP contribution is -2.71. The molecule has 5 atom stereocenters. The predicted molar refractivity (Wildman–Crippen MR) is 143 cm³/mol. The van der Waals surface area contributed by atoms with Crippen molar-refractivity contribution in [3.63, 3.8) is 0 Å². The minimum Gasteiger partial charge on any atom is -0.461 e. The highest BCUT2D eigenvalue weighted by molar-refractivity contribution is 5.87. The number of ether oxygens (including phenoxy) is 5. The second kappa shape index (κ2) is 11.0. The average Bonchev–Trinajstić information content (AvgIpc) is 2.80. The van der Waals surface area contributed by atoms with E-state index in [1.807, 2.05) is 39.0 Å². The molecule has 0 aromatic heterocycles. The standard InChI is InChI=1S/C30H42O8/c1-7-22-9-10-25(36-20(5)34-8-2)26(13-22)37-21(6)35-12-11-24-23-14-28(32)16-29(33,15-23)18-30(24,17-28)38-27(31)19(3)4/h7,9-10,13,20-21,23-24,32-33H,1,3,8,11-12,14-18H2,2,4-6H3. The maximum Gasteiger partial charge on any atom is 0.333 e. The van der Waals surface area contributed by atoms with E-state index in [1.165, 1.54) is 0 Å². The Morgan fingerprint density at radius 1 is 1.08 bits per heavy atom. The van der Waals surface area contributed by atoms with Gasteiger partial charge in [0.2, 0.25) is 0 Å². The van der Waals surface area contributed by atoms with Crippen LogP contribution in [0.25, 0.3) is 6.08 Å². The van der Waals surface area contributed by atoms with Crippen LogP contribution < -0.4 is 9.47 Å². The summed E-state index contributed by atoms with van der Waals surface area (Å²) in [5, 5.41) is 22.4. The first-order chi connectivity index (χ1) is 17.9. The number of esters is 1. The zero-order valence-electron chi connectivity index (χ0n) is 23.0. The Morgan fingerprint density at radius 3 is 2.32 bits per heavy atom. The molecule has 4 bridgehead atoms. The van der Waals surface area contributed by atoms with E-state index in [-0.39, 0.29) is 11.8 Å². The van der Waals surface area contributed by atoms with Crippen molar-refractivity contribution in [1.82, 2.24) is 0 Å². The number of benzene rings is 1. The molecule has 38 heavy (non-hydrogen) atoms. The second-order valence-corrected chi connectivity index (χ2v) is 11.4. The number of rotatable bonds is 13. The molecule has 5 rings (SSSR count). The first-order valence-electron chi connectivity index (χ1n) is 13.6. The minimum absolute atomic E-state index is 0.0309. The van der Waals surface area contributed by atoms with Crippen LogP contribution in [-0.2, 0) is 19.0 Å². The summed E-state index contributed by atoms with van der Waals surface area (Å²) < 4.78 is 29.6. The summed E-state index contributed by atoms with van der Waals surface area (Å²) in [5.41, 5.74) is -1.81. The Bertz CT molecular complexity index is 1030. The molecule has 0 saturated heterocycles. The molecule has 210 valence electrons. The molecule has 1 aromatic rings. The third-order valence-corrected chi connectivity index (χ3v) is 8.06. The molecule has 2 N–H and O–H groups in total. The van der Waals surface area contributed by atoms with Gasteiger partial charge in [-0.05, 0) is 70.6 Å². The smallest absolute Gasteiger partial charge is 0.333 e. The van der Waals surface area contributed by atoms with Crippen LogP contribution in [0.4, 0.5) is 0 Å². The highest BCUT2D eigenvalue weighted by atomic mass is 16.7. The SMILES string of the molecule is C=Cc1ccc(OC(C)OCC)c(OC(C)OCCC2C3CC4(O)CC(O)(C3)CC2(OC(=O)C(=C)C)C4)c1. The number of carbonyl (C=O) groups excluding carboxylic acids is 1. The van der Waals surface area contributed by atoms with Crippen molar-refractivity contribution in [2.24, 2.45) is 11.8 Å². The van der Waals surface area contributed by atoms with E-state index in [4.69, 9.17) is 23.7 Å². The van der Waals surface area contributed by atoms with Crippen molar-refractivity contribution in [2.75, 3.05) is 13.2 Å². The molecule has 0 aliphatic heterocycles. The summed E-state index contributed by atoms with van der Waals surface area (Å²) in [6.45, 7) is 15.6. The van der Waals surface area contributed by atoms with Gasteiger partial charge in [-0.25, -0.2) is 4.79 Å². The quantitative estimate of drug-likeness (QED) is 0.214. The molecular weight excluding hydrogens is 488 g/mol. The maximum absolute atomic E-state index is 12.6. The monoisotopic (exact) mass is 530 g/mol. The molecule has 4 aliphatic rings. The summed E-state index contributed by atoms with van der Waals surface area (Å²) in [6, 6.07) is 5.55. The van der Waals surface area contributed by atoms with Crippen molar-refractivity contribution >= 4 is 12.0 Å². The van der Waals surface area contributed by atoms with Crippen LogP contribution in [0.3, 0.4) is 0 Å². The Labute approximate surface area is 225 Å². The summed E-state index contributed by atoms with van der Waals surface area (Å²) >= 11 is 0. The minimum atomic E-state index is -1.02. The van der Waals surface area contributed by atoms with E-state index in [0.29, 0.717) is 68.8 Å². The Kier molecular flexibility index (Phi) is 8.28. The molecule has 0 heterocycles. The fraction of sp³-hybridized carbons (Fsp3) is 0.633. The topological polar surface area (TPSA) is 104 Å². The van der Waals surface area contributed by atoms with Crippen LogP contribution in [0.2, 0.25) is 0 Å².